The number of ether oxygens (including phenoxy) is 1. The minimum absolute atomic E-state index is 0.0225. The van der Waals surface area contributed by atoms with E-state index in [1.807, 2.05) is 11.4 Å². The van der Waals surface area contributed by atoms with Crippen LogP contribution >= 0.6 is 22.9 Å². The van der Waals surface area contributed by atoms with E-state index in [2.05, 4.69) is 15.4 Å². The maximum absolute atomic E-state index is 12.3. The zero-order valence-corrected chi connectivity index (χ0v) is 15.5. The summed E-state index contributed by atoms with van der Waals surface area (Å²) in [6.07, 6.45) is 1.19. The highest BCUT2D eigenvalue weighted by Crippen LogP contribution is 2.38. The van der Waals surface area contributed by atoms with Gasteiger partial charge in [-0.3, -0.25) is 9.59 Å². The van der Waals surface area contributed by atoms with Crippen molar-refractivity contribution in [1.29, 1.82) is 0 Å². The lowest BCUT2D eigenvalue weighted by Gasteiger charge is -2.12. The summed E-state index contributed by atoms with van der Waals surface area (Å²) in [4.78, 5) is 26.9. The number of pyridine rings is 1. The van der Waals surface area contributed by atoms with E-state index < -0.39 is 24.2 Å². The second-order valence-corrected chi connectivity index (χ2v) is 6.95. The van der Waals surface area contributed by atoms with Crippen molar-refractivity contribution >= 4 is 50.5 Å². The molecule has 11 heteroatoms. The molecule has 0 spiro atoms. The summed E-state index contributed by atoms with van der Waals surface area (Å²) >= 11 is 7.62. The molecule has 1 amide bonds. The highest BCUT2D eigenvalue weighted by atomic mass is 35.5. The maximum Gasteiger partial charge on any atom is 0.322 e. The summed E-state index contributed by atoms with van der Waals surface area (Å²) in [5.41, 5.74) is -0.183. The summed E-state index contributed by atoms with van der Waals surface area (Å²) in [6, 6.07) is 6.46. The molecule has 4 rings (SSSR count). The van der Waals surface area contributed by atoms with Crippen LogP contribution in [0.4, 0.5) is 0 Å². The van der Waals surface area contributed by atoms with Crippen molar-refractivity contribution in [3.63, 3.8) is 0 Å². The summed E-state index contributed by atoms with van der Waals surface area (Å²) in [5, 5.41) is 28.6. The van der Waals surface area contributed by atoms with Crippen LogP contribution in [0, 0.1) is 0 Å². The second-order valence-electron chi connectivity index (χ2n) is 5.63. The molecule has 0 aliphatic carbocycles. The van der Waals surface area contributed by atoms with Gasteiger partial charge in [0.15, 0.2) is 5.65 Å². The van der Waals surface area contributed by atoms with Gasteiger partial charge in [0.25, 0.3) is 5.91 Å². The van der Waals surface area contributed by atoms with Gasteiger partial charge in [-0.15, -0.1) is 11.3 Å². The zero-order valence-electron chi connectivity index (χ0n) is 13.9. The number of thiophene rings is 1. The van der Waals surface area contributed by atoms with E-state index in [1.54, 1.807) is 12.1 Å². The van der Waals surface area contributed by atoms with Crippen LogP contribution in [-0.2, 0) is 4.79 Å². The predicted molar refractivity (Wildman–Crippen MR) is 102 cm³/mol. The van der Waals surface area contributed by atoms with Crippen molar-refractivity contribution in [2.45, 2.75) is 0 Å². The van der Waals surface area contributed by atoms with Gasteiger partial charge >= 0.3 is 5.97 Å². The number of carboxylic acids is 1. The van der Waals surface area contributed by atoms with E-state index in [9.17, 15) is 14.7 Å². The molecule has 0 atom stereocenters. The van der Waals surface area contributed by atoms with Crippen LogP contribution in [0.1, 0.15) is 10.4 Å². The van der Waals surface area contributed by atoms with Crippen LogP contribution in [0.5, 0.6) is 17.4 Å². The van der Waals surface area contributed by atoms with Gasteiger partial charge in [-0.1, -0.05) is 11.6 Å². The number of hydrogen-bond donors (Lipinski definition) is 3. The lowest BCUT2D eigenvalue weighted by molar-refractivity contribution is -0.135. The first-order valence-corrected chi connectivity index (χ1v) is 9.10. The molecule has 3 N–H and O–H groups in total. The van der Waals surface area contributed by atoms with Crippen molar-refractivity contribution in [2.24, 2.45) is 0 Å². The van der Waals surface area contributed by atoms with Crippen LogP contribution in [0.2, 0.25) is 5.02 Å². The molecule has 0 unspecified atom stereocenters. The predicted octanol–water partition coefficient (Wildman–Crippen LogP) is 2.91. The third-order valence-electron chi connectivity index (χ3n) is 3.87. The van der Waals surface area contributed by atoms with E-state index in [0.717, 1.165) is 10.1 Å². The number of carbonyl (C=O) groups is 2. The van der Waals surface area contributed by atoms with E-state index in [-0.39, 0.29) is 17.1 Å². The smallest absolute Gasteiger partial charge is 0.322 e. The Morgan fingerprint density at radius 1 is 1.32 bits per heavy atom. The van der Waals surface area contributed by atoms with Crippen LogP contribution in [0.25, 0.3) is 15.7 Å². The molecule has 3 aromatic heterocycles. The Morgan fingerprint density at radius 2 is 2.14 bits per heavy atom. The molecule has 28 heavy (non-hydrogen) atoms. The molecule has 0 fully saturated rings. The Morgan fingerprint density at radius 3 is 2.93 bits per heavy atom. The molecule has 0 aliphatic heterocycles. The lowest BCUT2D eigenvalue weighted by Crippen LogP contribution is -2.29. The van der Waals surface area contributed by atoms with Crippen LogP contribution in [-0.4, -0.2) is 43.2 Å². The molecular formula is C17H11ClN4O5S. The molecule has 142 valence electrons. The molecule has 0 bridgehead atoms. The van der Waals surface area contributed by atoms with Gasteiger partial charge in [0, 0.05) is 16.5 Å². The van der Waals surface area contributed by atoms with Crippen molar-refractivity contribution < 1.29 is 24.5 Å². The topological polar surface area (TPSA) is 126 Å². The lowest BCUT2D eigenvalue weighted by atomic mass is 10.2. The minimum atomic E-state index is -1.21. The summed E-state index contributed by atoms with van der Waals surface area (Å²) in [5.74, 6) is -1.81. The van der Waals surface area contributed by atoms with Crippen molar-refractivity contribution in [3.05, 3.63) is 46.6 Å². The number of aliphatic carboxylic acids is 1. The van der Waals surface area contributed by atoms with E-state index in [0.29, 0.717) is 10.8 Å². The molecule has 1 aromatic carbocycles. The van der Waals surface area contributed by atoms with E-state index in [1.165, 1.54) is 28.2 Å². The Balaban J connectivity index is 1.77. The zero-order chi connectivity index (χ0) is 19.8. The average Bonchev–Trinajstić information content (AvgIpc) is 3.32. The minimum Gasteiger partial charge on any atom is -0.507 e. The van der Waals surface area contributed by atoms with Gasteiger partial charge < -0.3 is 20.3 Å². The highest BCUT2D eigenvalue weighted by molar-refractivity contribution is 7.17. The number of halogens is 1. The van der Waals surface area contributed by atoms with Crippen LogP contribution in [0.3, 0.4) is 0 Å². The molecule has 0 radical (unpaired) electrons. The molecule has 0 saturated carbocycles. The van der Waals surface area contributed by atoms with Crippen molar-refractivity contribution in [2.75, 3.05) is 6.54 Å². The molecule has 9 nitrogen and oxygen atoms in total. The SMILES string of the molecule is O=C(O)CNC(=O)c1c(O)cc(Oc2ccc(Cl)c3ccsc23)n2ncnc12. The Bertz CT molecular complexity index is 1240. The largest absolute Gasteiger partial charge is 0.507 e. The number of rotatable bonds is 5. The third kappa shape index (κ3) is 3.08. The number of aromatic nitrogens is 3. The van der Waals surface area contributed by atoms with Gasteiger partial charge in [0.1, 0.15) is 29.9 Å². The maximum atomic E-state index is 12.3. The number of nitrogens with one attached hydrogen (secondary N) is 1. The number of carbonyl (C=O) groups excluding carboxylic acids is 1. The number of carboxylic acid groups (broad SMARTS) is 1. The first-order chi connectivity index (χ1) is 13.5. The van der Waals surface area contributed by atoms with E-state index in [4.69, 9.17) is 21.4 Å². The van der Waals surface area contributed by atoms with Crippen molar-refractivity contribution in [3.8, 4) is 17.4 Å². The van der Waals surface area contributed by atoms with Crippen LogP contribution < -0.4 is 10.1 Å². The van der Waals surface area contributed by atoms with Crippen LogP contribution in [0.15, 0.2) is 36.0 Å². The molecular weight excluding hydrogens is 408 g/mol. The number of nitrogens with zero attached hydrogens (tertiary/aromatic N) is 3. The van der Waals surface area contributed by atoms with Gasteiger partial charge in [0.05, 0.1) is 4.70 Å². The normalized spacial score (nSPS) is 11.0. The number of hydrogen-bond acceptors (Lipinski definition) is 7. The third-order valence-corrected chi connectivity index (χ3v) is 5.12. The monoisotopic (exact) mass is 418 g/mol. The number of benzene rings is 1. The summed E-state index contributed by atoms with van der Waals surface area (Å²) < 4.78 is 7.97. The average molecular weight is 419 g/mol. The standard InChI is InChI=1S/C17H11ClN4O5S/c18-9-1-2-11(15-8(9)3-4-28-15)27-12-5-10(23)14(16-20-7-21-22(12)16)17(26)19-6-13(24)25/h1-5,7,23H,6H2,(H,19,26)(H,24,25). The second kappa shape index (κ2) is 6.98. The Hall–Kier alpha value is -3.37. The first kappa shape index (κ1) is 18.0. The Kier molecular flexibility index (Phi) is 4.49. The fourth-order valence-corrected chi connectivity index (χ4v) is 3.82. The first-order valence-electron chi connectivity index (χ1n) is 7.85. The van der Waals surface area contributed by atoms with Crippen molar-refractivity contribution in [1.82, 2.24) is 19.9 Å². The van der Waals surface area contributed by atoms with Gasteiger partial charge in [-0.25, -0.2) is 4.98 Å². The fourth-order valence-electron chi connectivity index (χ4n) is 2.67. The number of fused-ring (bicyclic) bond motifs is 2. The quantitative estimate of drug-likeness (QED) is 0.454. The summed E-state index contributed by atoms with van der Waals surface area (Å²) in [7, 11) is 0. The van der Waals surface area contributed by atoms with Gasteiger partial charge in [0.2, 0.25) is 5.88 Å². The molecule has 0 saturated heterocycles. The van der Waals surface area contributed by atoms with Gasteiger partial charge in [-0.05, 0) is 23.6 Å². The highest BCUT2D eigenvalue weighted by Gasteiger charge is 2.22. The molecule has 4 aromatic rings. The number of aromatic hydroxyl groups is 1. The molecule has 0 aliphatic rings. The summed E-state index contributed by atoms with van der Waals surface area (Å²) in [6.45, 7) is -0.599. The number of amides is 1. The fraction of sp³-hybridized carbons (Fsp3) is 0.0588. The van der Waals surface area contributed by atoms with Gasteiger partial charge in [-0.2, -0.15) is 9.61 Å². The van der Waals surface area contributed by atoms with E-state index >= 15 is 0 Å². The Labute approximate surface area is 165 Å². The molecule has 3 heterocycles.